The van der Waals surface area contributed by atoms with E-state index in [9.17, 15) is 9.59 Å². The summed E-state index contributed by atoms with van der Waals surface area (Å²) in [6.07, 6.45) is 14.9. The van der Waals surface area contributed by atoms with Crippen molar-refractivity contribution in [3.05, 3.63) is 53.8 Å². The molecule has 67 heavy (non-hydrogen) atoms. The molecule has 9 rings (SSSR count). The number of ether oxygens (including phenoxy) is 1. The van der Waals surface area contributed by atoms with Crippen molar-refractivity contribution in [2.75, 3.05) is 68.9 Å². The maximum absolute atomic E-state index is 15.3. The minimum atomic E-state index is -0.606. The smallest absolute Gasteiger partial charge is 0.222 e. The largest absolute Gasteiger partial charge is 0.383 e. The van der Waals surface area contributed by atoms with Crippen LogP contribution in [0.3, 0.4) is 0 Å². The highest BCUT2D eigenvalue weighted by atomic mass is 19.1. The number of halogens is 2. The summed E-state index contributed by atoms with van der Waals surface area (Å²) in [4.78, 5) is 49.6. The summed E-state index contributed by atoms with van der Waals surface area (Å²) in [5.41, 5.74) is 9.86. The summed E-state index contributed by atoms with van der Waals surface area (Å²) in [6, 6.07) is 2.36. The summed E-state index contributed by atoms with van der Waals surface area (Å²) in [5.74, 6) is 1.02. The highest BCUT2D eigenvalue weighted by Crippen LogP contribution is 2.48. The lowest BCUT2D eigenvalue weighted by molar-refractivity contribution is -0.132. The minimum absolute atomic E-state index is 0.00441. The highest BCUT2D eigenvalue weighted by molar-refractivity contribution is 6.00. The van der Waals surface area contributed by atoms with Crippen LogP contribution >= 0.6 is 0 Å². The first-order chi connectivity index (χ1) is 32.4. The van der Waals surface area contributed by atoms with Gasteiger partial charge in [-0.25, -0.2) is 33.4 Å². The van der Waals surface area contributed by atoms with Crippen LogP contribution in [0, 0.1) is 11.6 Å². The van der Waals surface area contributed by atoms with Gasteiger partial charge in [0, 0.05) is 83.2 Å². The molecule has 17 nitrogen and oxygen atoms in total. The Labute approximate surface area is 389 Å². The summed E-state index contributed by atoms with van der Waals surface area (Å²) in [6.45, 7) is 11.1. The summed E-state index contributed by atoms with van der Waals surface area (Å²) < 4.78 is 43.7. The van der Waals surface area contributed by atoms with E-state index in [-0.39, 0.29) is 40.9 Å². The van der Waals surface area contributed by atoms with Crippen molar-refractivity contribution >= 4 is 40.0 Å². The number of methoxy groups -OCH3 is 1. The quantitative estimate of drug-likeness (QED) is 0.0858. The molecule has 4 N–H and O–H groups in total. The Hall–Kier alpha value is -5.82. The number of hydrogen-bond acceptors (Lipinski definition) is 14. The first-order valence-corrected chi connectivity index (χ1v) is 24.0. The van der Waals surface area contributed by atoms with Gasteiger partial charge in [0.05, 0.1) is 22.5 Å². The number of piperazine rings is 1. The van der Waals surface area contributed by atoms with E-state index in [0.29, 0.717) is 85.2 Å². The van der Waals surface area contributed by atoms with Gasteiger partial charge in [-0.1, -0.05) is 24.4 Å². The number of hydrogen-bond donors (Lipinski definition) is 3. The van der Waals surface area contributed by atoms with Crippen LogP contribution in [0.5, 0.6) is 0 Å². The molecule has 4 fully saturated rings. The van der Waals surface area contributed by atoms with Crippen LogP contribution in [0.25, 0.3) is 33.8 Å². The van der Waals surface area contributed by atoms with Gasteiger partial charge in [-0.2, -0.15) is 5.10 Å². The Morgan fingerprint density at radius 1 is 0.896 bits per heavy atom. The van der Waals surface area contributed by atoms with Crippen LogP contribution in [0.2, 0.25) is 0 Å². The number of rotatable bonds is 16. The molecule has 1 aromatic carbocycles. The molecular weight excluding hydrogens is 861 g/mol. The van der Waals surface area contributed by atoms with Crippen molar-refractivity contribution in [2.45, 2.75) is 127 Å². The average molecular weight is 924 g/mol. The standard InChI is InChI=1S/C48H63F2N13O4/c1-48(2,3)63-46-39(44(51)54-28-55-46)40(58-63)41-38(43(67-59-41)30-11-12-30)45-52-26-31(27-53-45)29-15-18-61(19-16-29)37(65)10-8-6-5-7-9-17-60-20-22-62(23-21-60)42-33(49)24-32(25-34(42)50)56-35-13-14-36(64)57-47(35)66-4/h24-30,35,47,56H,5-23H2,1-4H3,(H,57,64)(H2,51,54,55)/t35-,47?/m1/s1. The third kappa shape index (κ3) is 10.2. The third-order valence-corrected chi connectivity index (χ3v) is 13.8. The summed E-state index contributed by atoms with van der Waals surface area (Å²) in [7, 11) is 1.49. The number of nitrogen functional groups attached to an aromatic ring is 1. The number of unbranched alkanes of at least 4 members (excludes halogenated alkanes) is 4. The predicted octanol–water partition coefficient (Wildman–Crippen LogP) is 6.96. The number of amides is 2. The van der Waals surface area contributed by atoms with E-state index in [1.165, 1.54) is 25.6 Å². The van der Waals surface area contributed by atoms with Gasteiger partial charge < -0.3 is 35.4 Å². The Morgan fingerprint density at radius 3 is 2.28 bits per heavy atom. The molecule has 0 radical (unpaired) electrons. The number of aromatic nitrogens is 7. The molecule has 19 heteroatoms. The van der Waals surface area contributed by atoms with Crippen molar-refractivity contribution in [2.24, 2.45) is 0 Å². The monoisotopic (exact) mass is 924 g/mol. The van der Waals surface area contributed by atoms with Gasteiger partial charge in [-0.05, 0) is 95.9 Å². The number of piperidine rings is 2. The van der Waals surface area contributed by atoms with E-state index in [1.54, 1.807) is 4.90 Å². The molecule has 0 bridgehead atoms. The third-order valence-electron chi connectivity index (χ3n) is 13.8. The average Bonchev–Trinajstić information content (AvgIpc) is 3.94. The molecule has 1 unspecified atom stereocenters. The molecule has 358 valence electrons. The number of nitrogens with one attached hydrogen (secondary N) is 2. The SMILES string of the molecule is COC1NC(=O)CC[C@H]1Nc1cc(F)c(N2CCN(CCCCCCCC(=O)N3CCC(c4cnc(-c5c(-c6nn(C(C)(C)C)c7ncnc(N)c67)noc5C5CC5)nc4)CC3)CC2)c(F)c1. The molecule has 0 spiro atoms. The number of likely N-dealkylation sites (tertiary alicyclic amines) is 1. The van der Waals surface area contributed by atoms with Crippen molar-refractivity contribution < 1.29 is 27.6 Å². The van der Waals surface area contributed by atoms with Gasteiger partial charge in [0.2, 0.25) is 11.8 Å². The molecule has 3 saturated heterocycles. The van der Waals surface area contributed by atoms with Crippen LogP contribution in [-0.2, 0) is 19.9 Å². The number of nitrogens with zero attached hydrogens (tertiary/aromatic N) is 10. The highest BCUT2D eigenvalue weighted by Gasteiger charge is 2.37. The van der Waals surface area contributed by atoms with Crippen LogP contribution in [0.1, 0.15) is 121 Å². The van der Waals surface area contributed by atoms with Crippen LogP contribution in [0.4, 0.5) is 26.0 Å². The molecule has 4 aliphatic rings. The first-order valence-electron chi connectivity index (χ1n) is 24.0. The second kappa shape index (κ2) is 19.8. The van der Waals surface area contributed by atoms with Crippen molar-refractivity contribution in [1.29, 1.82) is 0 Å². The number of fused-ring (bicyclic) bond motifs is 1. The molecule has 4 aromatic heterocycles. The molecule has 2 amide bonds. The number of carbonyl (C=O) groups is 2. The zero-order chi connectivity index (χ0) is 46.8. The van der Waals surface area contributed by atoms with Gasteiger partial charge >= 0.3 is 0 Å². The van der Waals surface area contributed by atoms with E-state index >= 15 is 8.78 Å². The zero-order valence-electron chi connectivity index (χ0n) is 39.1. The molecular formula is C48H63F2N13O4. The maximum Gasteiger partial charge on any atom is 0.222 e. The second-order valence-electron chi connectivity index (χ2n) is 19.6. The lowest BCUT2D eigenvalue weighted by Gasteiger charge is -2.36. The minimum Gasteiger partial charge on any atom is -0.383 e. The molecule has 1 aliphatic carbocycles. The number of benzene rings is 1. The van der Waals surface area contributed by atoms with E-state index in [1.807, 2.05) is 22.0 Å². The van der Waals surface area contributed by atoms with E-state index in [4.69, 9.17) is 30.1 Å². The lowest BCUT2D eigenvalue weighted by atomic mass is 9.91. The fourth-order valence-electron chi connectivity index (χ4n) is 9.85. The lowest BCUT2D eigenvalue weighted by Crippen LogP contribution is -2.52. The Balaban J connectivity index is 0.691. The zero-order valence-corrected chi connectivity index (χ0v) is 39.1. The first kappa shape index (κ1) is 46.3. The second-order valence-corrected chi connectivity index (χ2v) is 19.6. The molecule has 5 aromatic rings. The van der Waals surface area contributed by atoms with Crippen molar-refractivity contribution in [3.63, 3.8) is 0 Å². The topological polar surface area (TPSA) is 199 Å². The van der Waals surface area contributed by atoms with Gasteiger partial charge in [-0.15, -0.1) is 0 Å². The number of anilines is 3. The van der Waals surface area contributed by atoms with Gasteiger partial charge in [-0.3, -0.25) is 14.5 Å². The summed E-state index contributed by atoms with van der Waals surface area (Å²) in [5, 5.41) is 16.0. The van der Waals surface area contributed by atoms with Crippen LogP contribution < -0.4 is 21.3 Å². The molecule has 7 heterocycles. The molecule has 1 saturated carbocycles. The van der Waals surface area contributed by atoms with E-state index < -0.39 is 17.9 Å². The Bertz CT molecular complexity index is 2520. The van der Waals surface area contributed by atoms with Gasteiger partial charge in [0.15, 0.2) is 28.9 Å². The molecule has 2 atom stereocenters. The van der Waals surface area contributed by atoms with Gasteiger partial charge in [0.25, 0.3) is 0 Å². The fraction of sp³-hybridized carbons (Fsp3) is 0.583. The number of nitrogens with two attached hydrogens (primary N) is 1. The van der Waals surface area contributed by atoms with E-state index in [0.717, 1.165) is 94.3 Å². The summed E-state index contributed by atoms with van der Waals surface area (Å²) >= 11 is 0. The Morgan fingerprint density at radius 2 is 1.60 bits per heavy atom. The van der Waals surface area contributed by atoms with E-state index in [2.05, 4.69) is 51.4 Å². The fourth-order valence-corrected chi connectivity index (χ4v) is 9.85. The van der Waals surface area contributed by atoms with Crippen LogP contribution in [0.15, 0.2) is 35.4 Å². The van der Waals surface area contributed by atoms with Crippen LogP contribution in [-0.4, -0.2) is 122 Å². The molecule has 3 aliphatic heterocycles. The van der Waals surface area contributed by atoms with Crippen molar-refractivity contribution in [3.8, 4) is 22.8 Å². The maximum atomic E-state index is 15.3. The normalized spacial score (nSPS) is 19.9. The Kier molecular flexibility index (Phi) is 13.7. The van der Waals surface area contributed by atoms with Gasteiger partial charge in [0.1, 0.15) is 35.4 Å². The predicted molar refractivity (Wildman–Crippen MR) is 250 cm³/mol. The van der Waals surface area contributed by atoms with Crippen molar-refractivity contribution in [1.82, 2.24) is 50.0 Å². The number of carbonyl (C=O) groups excluding carboxylic acids is 2.